The molecule has 1 aliphatic rings. The first-order chi connectivity index (χ1) is 14.6. The molecule has 7 heteroatoms. The Morgan fingerprint density at radius 1 is 1.27 bits per heavy atom. The van der Waals surface area contributed by atoms with Crippen molar-refractivity contribution >= 4 is 22.9 Å². The molecule has 0 spiro atoms. The minimum atomic E-state index is -0.163. The Morgan fingerprint density at radius 2 is 2.13 bits per heavy atom. The molecule has 0 unspecified atom stereocenters. The minimum absolute atomic E-state index is 0.0273. The summed E-state index contributed by atoms with van der Waals surface area (Å²) in [4.78, 5) is 36.7. The van der Waals surface area contributed by atoms with Gasteiger partial charge in [0.2, 0.25) is 5.91 Å². The number of hydrogen-bond donors (Lipinski definition) is 1. The quantitative estimate of drug-likeness (QED) is 0.706. The highest BCUT2D eigenvalue weighted by Crippen LogP contribution is 2.21. The normalized spacial score (nSPS) is 16.6. The summed E-state index contributed by atoms with van der Waals surface area (Å²) in [6.45, 7) is 6.23. The second-order valence-corrected chi connectivity index (χ2v) is 7.82. The van der Waals surface area contributed by atoms with Gasteiger partial charge in [0.25, 0.3) is 5.56 Å². The summed E-state index contributed by atoms with van der Waals surface area (Å²) < 4.78 is 1.65. The number of nitrogens with zero attached hydrogens (tertiary/aromatic N) is 4. The van der Waals surface area contributed by atoms with Crippen LogP contribution >= 0.6 is 0 Å². The van der Waals surface area contributed by atoms with E-state index in [0.29, 0.717) is 36.6 Å². The Labute approximate surface area is 175 Å². The lowest BCUT2D eigenvalue weighted by molar-refractivity contribution is -0.125. The van der Waals surface area contributed by atoms with Crippen LogP contribution in [0.4, 0.5) is 5.82 Å². The zero-order valence-corrected chi connectivity index (χ0v) is 17.5. The molecule has 3 aromatic rings. The van der Waals surface area contributed by atoms with Crippen LogP contribution in [0.2, 0.25) is 0 Å². The Balaban J connectivity index is 1.52. The third-order valence-corrected chi connectivity index (χ3v) is 5.64. The van der Waals surface area contributed by atoms with Crippen molar-refractivity contribution in [3.05, 3.63) is 64.1 Å². The van der Waals surface area contributed by atoms with Crippen molar-refractivity contribution in [2.75, 3.05) is 18.0 Å². The van der Waals surface area contributed by atoms with Crippen LogP contribution in [-0.4, -0.2) is 33.5 Å². The van der Waals surface area contributed by atoms with Gasteiger partial charge >= 0.3 is 0 Å². The minimum Gasteiger partial charge on any atom is -0.352 e. The van der Waals surface area contributed by atoms with Gasteiger partial charge in [-0.1, -0.05) is 29.8 Å². The van der Waals surface area contributed by atoms with Crippen LogP contribution < -0.4 is 15.8 Å². The van der Waals surface area contributed by atoms with Gasteiger partial charge in [-0.2, -0.15) is 0 Å². The van der Waals surface area contributed by atoms with Crippen LogP contribution in [0, 0.1) is 12.8 Å². The summed E-state index contributed by atoms with van der Waals surface area (Å²) in [6.07, 6.45) is 3.33. The highest BCUT2D eigenvalue weighted by molar-refractivity contribution is 5.79. The van der Waals surface area contributed by atoms with Crippen molar-refractivity contribution in [2.24, 2.45) is 5.92 Å². The molecule has 156 valence electrons. The molecule has 30 heavy (non-hydrogen) atoms. The van der Waals surface area contributed by atoms with Gasteiger partial charge in [0.15, 0.2) is 11.5 Å². The molecule has 7 nitrogen and oxygen atoms in total. The van der Waals surface area contributed by atoms with Crippen LogP contribution in [0.3, 0.4) is 0 Å². The smallest absolute Gasteiger partial charge is 0.295 e. The number of carbonyl (C=O) groups excluding carboxylic acids is 1. The van der Waals surface area contributed by atoms with Crippen LogP contribution in [0.5, 0.6) is 0 Å². The second kappa shape index (κ2) is 8.65. The van der Waals surface area contributed by atoms with Gasteiger partial charge in [-0.25, -0.2) is 9.97 Å². The third-order valence-electron chi connectivity index (χ3n) is 5.64. The maximum atomic E-state index is 13.1. The maximum Gasteiger partial charge on any atom is 0.295 e. The van der Waals surface area contributed by atoms with E-state index in [0.717, 1.165) is 24.9 Å². The molecule has 1 aromatic carbocycles. The van der Waals surface area contributed by atoms with E-state index in [4.69, 9.17) is 0 Å². The molecule has 3 heterocycles. The highest BCUT2D eigenvalue weighted by atomic mass is 16.2. The van der Waals surface area contributed by atoms with E-state index in [1.807, 2.05) is 49.1 Å². The number of aromatic nitrogens is 3. The first-order valence-corrected chi connectivity index (χ1v) is 10.5. The monoisotopic (exact) mass is 405 g/mol. The molecule has 1 aliphatic heterocycles. The number of fused-ring (bicyclic) bond motifs is 1. The third kappa shape index (κ3) is 4.06. The van der Waals surface area contributed by atoms with E-state index in [1.165, 1.54) is 5.56 Å². The van der Waals surface area contributed by atoms with Gasteiger partial charge in [-0.3, -0.25) is 14.2 Å². The van der Waals surface area contributed by atoms with E-state index < -0.39 is 0 Å². The first kappa shape index (κ1) is 20.1. The number of piperidine rings is 1. The highest BCUT2D eigenvalue weighted by Gasteiger charge is 2.28. The van der Waals surface area contributed by atoms with E-state index in [-0.39, 0.29) is 17.4 Å². The summed E-state index contributed by atoms with van der Waals surface area (Å²) in [5, 5.41) is 3.06. The molecule has 1 saturated heterocycles. The lowest BCUT2D eigenvalue weighted by atomic mass is 9.97. The molecule has 1 amide bonds. The Kier molecular flexibility index (Phi) is 5.79. The lowest BCUT2D eigenvalue weighted by Gasteiger charge is -2.32. The van der Waals surface area contributed by atoms with E-state index in [1.54, 1.807) is 10.8 Å². The maximum absolute atomic E-state index is 13.1. The Bertz CT molecular complexity index is 1120. The average molecular weight is 406 g/mol. The van der Waals surface area contributed by atoms with Gasteiger partial charge < -0.3 is 10.2 Å². The van der Waals surface area contributed by atoms with Crippen molar-refractivity contribution in [2.45, 2.75) is 39.8 Å². The van der Waals surface area contributed by atoms with E-state index in [9.17, 15) is 9.59 Å². The van der Waals surface area contributed by atoms with Gasteiger partial charge in [0.1, 0.15) is 5.52 Å². The fourth-order valence-electron chi connectivity index (χ4n) is 4.10. The number of nitrogens with one attached hydrogen (secondary N) is 1. The molecule has 2 aromatic heterocycles. The number of rotatable bonds is 5. The van der Waals surface area contributed by atoms with Gasteiger partial charge in [0.05, 0.1) is 5.92 Å². The first-order valence-electron chi connectivity index (χ1n) is 10.5. The molecule has 0 aliphatic carbocycles. The SMILES string of the molecule is CCn1c(=O)c(N2CCC[C@@H](C(=O)NCc3cccc(C)c3)C2)nc2cccnc21. The molecular formula is C23H27N5O2. The van der Waals surface area contributed by atoms with E-state index >= 15 is 0 Å². The number of aryl methyl sites for hydroxylation is 2. The molecule has 1 atom stereocenters. The van der Waals surface area contributed by atoms with Crippen molar-refractivity contribution in [1.82, 2.24) is 19.9 Å². The summed E-state index contributed by atoms with van der Waals surface area (Å²) >= 11 is 0. The topological polar surface area (TPSA) is 80.1 Å². The van der Waals surface area contributed by atoms with Crippen LogP contribution in [-0.2, 0) is 17.9 Å². The standard InChI is InChI=1S/C23H27N5O2/c1-3-28-20-19(10-5-11-24-20)26-21(23(28)30)27-12-6-9-18(15-27)22(29)25-14-17-8-4-7-16(2)13-17/h4-5,7-8,10-11,13,18H,3,6,9,12,14-15H2,1-2H3,(H,25,29)/t18-/m1/s1. The number of carbonyl (C=O) groups is 1. The number of pyridine rings is 1. The fraction of sp³-hybridized carbons (Fsp3) is 0.391. The van der Waals surface area contributed by atoms with Crippen molar-refractivity contribution < 1.29 is 4.79 Å². The van der Waals surface area contributed by atoms with Crippen LogP contribution in [0.15, 0.2) is 47.4 Å². The summed E-state index contributed by atoms with van der Waals surface area (Å²) in [5.74, 6) is 0.275. The van der Waals surface area contributed by atoms with Crippen LogP contribution in [0.1, 0.15) is 30.9 Å². The van der Waals surface area contributed by atoms with Gasteiger partial charge in [0, 0.05) is 32.4 Å². The average Bonchev–Trinajstić information content (AvgIpc) is 2.77. The predicted octanol–water partition coefficient (Wildman–Crippen LogP) is 2.65. The van der Waals surface area contributed by atoms with Crippen molar-refractivity contribution in [3.8, 4) is 0 Å². The molecule has 1 N–H and O–H groups in total. The van der Waals surface area contributed by atoms with Gasteiger partial charge in [-0.05, 0) is 44.4 Å². The zero-order valence-electron chi connectivity index (χ0n) is 17.5. The lowest BCUT2D eigenvalue weighted by Crippen LogP contribution is -2.45. The van der Waals surface area contributed by atoms with Crippen molar-refractivity contribution in [3.63, 3.8) is 0 Å². The molecule has 0 bridgehead atoms. The predicted molar refractivity (Wildman–Crippen MR) is 117 cm³/mol. The number of hydrogen-bond acceptors (Lipinski definition) is 5. The number of anilines is 1. The van der Waals surface area contributed by atoms with Crippen LogP contribution in [0.25, 0.3) is 11.2 Å². The summed E-state index contributed by atoms with van der Waals surface area (Å²) in [6, 6.07) is 11.8. The summed E-state index contributed by atoms with van der Waals surface area (Å²) in [5.41, 5.74) is 3.41. The zero-order chi connectivity index (χ0) is 21.1. The number of benzene rings is 1. The number of amides is 1. The summed E-state index contributed by atoms with van der Waals surface area (Å²) in [7, 11) is 0. The molecule has 1 fully saturated rings. The molecular weight excluding hydrogens is 378 g/mol. The van der Waals surface area contributed by atoms with E-state index in [2.05, 4.69) is 21.4 Å². The molecule has 0 saturated carbocycles. The van der Waals surface area contributed by atoms with Gasteiger partial charge in [-0.15, -0.1) is 0 Å². The van der Waals surface area contributed by atoms with Crippen molar-refractivity contribution in [1.29, 1.82) is 0 Å². The largest absolute Gasteiger partial charge is 0.352 e. The molecule has 0 radical (unpaired) electrons. The second-order valence-electron chi connectivity index (χ2n) is 7.82. The fourth-order valence-corrected chi connectivity index (χ4v) is 4.10. The Hall–Kier alpha value is -3.22. The Morgan fingerprint density at radius 3 is 2.93 bits per heavy atom. The molecule has 4 rings (SSSR count).